The van der Waals surface area contributed by atoms with Gasteiger partial charge in [-0.3, -0.25) is 9.89 Å². The number of para-hydroxylation sites is 1. The van der Waals surface area contributed by atoms with Crippen LogP contribution in [-0.4, -0.2) is 63.9 Å². The van der Waals surface area contributed by atoms with Crippen molar-refractivity contribution in [1.29, 1.82) is 0 Å². The summed E-state index contributed by atoms with van der Waals surface area (Å²) in [6.45, 7) is 9.12. The van der Waals surface area contributed by atoms with Gasteiger partial charge in [0, 0.05) is 45.3 Å². The third-order valence-corrected chi connectivity index (χ3v) is 4.48. The minimum Gasteiger partial charge on any atom is -0.492 e. The highest BCUT2D eigenvalue weighted by Gasteiger charge is 2.10. The molecule has 0 amide bonds. The molecule has 2 rings (SSSR count). The van der Waals surface area contributed by atoms with Gasteiger partial charge >= 0.3 is 0 Å². The van der Waals surface area contributed by atoms with E-state index < -0.39 is 0 Å². The fourth-order valence-corrected chi connectivity index (χ4v) is 2.88. The normalized spacial score (nSPS) is 15.1. The Bertz CT molecular complexity index is 536. The standard InChI is InChI=1S/C20H34N4O2.HI/c1-3-4-7-10-22-20(21-2)23-17-18-8-5-6-9-19(18)26-16-13-24-11-14-25-15-12-24;/h5-6,8-9H,3-4,7,10-17H2,1-2H3,(H2,21,22,23);1H. The number of morpholine rings is 1. The molecule has 6 nitrogen and oxygen atoms in total. The molecule has 0 saturated carbocycles. The van der Waals surface area contributed by atoms with Gasteiger partial charge in [0.2, 0.25) is 0 Å². The van der Waals surface area contributed by atoms with Crippen molar-refractivity contribution in [2.45, 2.75) is 32.7 Å². The fraction of sp³-hybridized carbons (Fsp3) is 0.650. The molecule has 1 heterocycles. The fourth-order valence-electron chi connectivity index (χ4n) is 2.88. The van der Waals surface area contributed by atoms with E-state index in [9.17, 15) is 0 Å². The molecule has 2 N–H and O–H groups in total. The Labute approximate surface area is 181 Å². The highest BCUT2D eigenvalue weighted by atomic mass is 127. The average Bonchev–Trinajstić information content (AvgIpc) is 2.69. The van der Waals surface area contributed by atoms with E-state index in [2.05, 4.69) is 33.5 Å². The zero-order valence-electron chi connectivity index (χ0n) is 16.7. The van der Waals surface area contributed by atoms with Crippen molar-refractivity contribution in [3.8, 4) is 5.75 Å². The van der Waals surface area contributed by atoms with Crippen molar-refractivity contribution in [3.05, 3.63) is 29.8 Å². The molecule has 0 radical (unpaired) electrons. The van der Waals surface area contributed by atoms with E-state index in [1.807, 2.05) is 18.2 Å². The van der Waals surface area contributed by atoms with Gasteiger partial charge in [0.05, 0.1) is 13.2 Å². The number of halogens is 1. The molecule has 1 aromatic carbocycles. The summed E-state index contributed by atoms with van der Waals surface area (Å²) in [6.07, 6.45) is 3.63. The Morgan fingerprint density at radius 3 is 2.70 bits per heavy atom. The molecule has 0 atom stereocenters. The maximum absolute atomic E-state index is 6.04. The molecular formula is C20H35IN4O2. The molecule has 1 fully saturated rings. The largest absolute Gasteiger partial charge is 0.492 e. The summed E-state index contributed by atoms with van der Waals surface area (Å²) in [7, 11) is 1.81. The zero-order valence-corrected chi connectivity index (χ0v) is 19.0. The number of hydrogen-bond donors (Lipinski definition) is 2. The molecule has 0 aromatic heterocycles. The van der Waals surface area contributed by atoms with E-state index in [4.69, 9.17) is 9.47 Å². The minimum absolute atomic E-state index is 0. The average molecular weight is 490 g/mol. The molecule has 0 aliphatic carbocycles. The third-order valence-electron chi connectivity index (χ3n) is 4.48. The van der Waals surface area contributed by atoms with Crippen LogP contribution in [0, 0.1) is 0 Å². The number of unbranched alkanes of at least 4 members (excludes halogenated alkanes) is 2. The Morgan fingerprint density at radius 2 is 1.96 bits per heavy atom. The minimum atomic E-state index is 0. The van der Waals surface area contributed by atoms with Gasteiger partial charge in [0.15, 0.2) is 5.96 Å². The van der Waals surface area contributed by atoms with E-state index in [0.29, 0.717) is 13.2 Å². The highest BCUT2D eigenvalue weighted by molar-refractivity contribution is 14.0. The van der Waals surface area contributed by atoms with E-state index in [0.717, 1.165) is 56.7 Å². The first kappa shape index (κ1) is 24.0. The summed E-state index contributed by atoms with van der Waals surface area (Å²) in [5.74, 6) is 1.78. The summed E-state index contributed by atoms with van der Waals surface area (Å²) < 4.78 is 11.4. The molecule has 1 saturated heterocycles. The number of ether oxygens (including phenoxy) is 2. The summed E-state index contributed by atoms with van der Waals surface area (Å²) in [6, 6.07) is 8.20. The van der Waals surface area contributed by atoms with Crippen LogP contribution in [0.2, 0.25) is 0 Å². The maximum atomic E-state index is 6.04. The van der Waals surface area contributed by atoms with Crippen molar-refractivity contribution >= 4 is 29.9 Å². The van der Waals surface area contributed by atoms with Gasteiger partial charge in [-0.05, 0) is 12.5 Å². The molecule has 1 aliphatic rings. The number of guanidine groups is 1. The SMILES string of the molecule is CCCCCNC(=NC)NCc1ccccc1OCCN1CCOCC1.I. The van der Waals surface area contributed by atoms with Crippen LogP contribution in [-0.2, 0) is 11.3 Å². The number of rotatable bonds is 10. The van der Waals surface area contributed by atoms with Crippen LogP contribution >= 0.6 is 24.0 Å². The zero-order chi connectivity index (χ0) is 18.5. The number of nitrogens with zero attached hydrogens (tertiary/aromatic N) is 2. The predicted molar refractivity (Wildman–Crippen MR) is 122 cm³/mol. The molecule has 7 heteroatoms. The van der Waals surface area contributed by atoms with Gasteiger partial charge < -0.3 is 20.1 Å². The molecule has 154 valence electrons. The van der Waals surface area contributed by atoms with Gasteiger partial charge in [0.25, 0.3) is 0 Å². The predicted octanol–water partition coefficient (Wildman–Crippen LogP) is 2.87. The van der Waals surface area contributed by atoms with Crippen LogP contribution in [0.4, 0.5) is 0 Å². The van der Waals surface area contributed by atoms with Crippen molar-refractivity contribution in [1.82, 2.24) is 15.5 Å². The van der Waals surface area contributed by atoms with Crippen LogP contribution in [0.3, 0.4) is 0 Å². The first-order valence-electron chi connectivity index (χ1n) is 9.78. The van der Waals surface area contributed by atoms with Gasteiger partial charge in [-0.15, -0.1) is 24.0 Å². The van der Waals surface area contributed by atoms with Crippen LogP contribution in [0.1, 0.15) is 31.7 Å². The number of nitrogens with one attached hydrogen (secondary N) is 2. The lowest BCUT2D eigenvalue weighted by Crippen LogP contribution is -2.38. The monoisotopic (exact) mass is 490 g/mol. The molecular weight excluding hydrogens is 455 g/mol. The smallest absolute Gasteiger partial charge is 0.191 e. The van der Waals surface area contributed by atoms with Crippen LogP contribution < -0.4 is 15.4 Å². The lowest BCUT2D eigenvalue weighted by Gasteiger charge is -2.26. The third kappa shape index (κ3) is 9.62. The topological polar surface area (TPSA) is 58.1 Å². The molecule has 1 aromatic rings. The van der Waals surface area contributed by atoms with E-state index in [1.54, 1.807) is 7.05 Å². The van der Waals surface area contributed by atoms with E-state index >= 15 is 0 Å². The lowest BCUT2D eigenvalue weighted by molar-refractivity contribution is 0.0322. The van der Waals surface area contributed by atoms with Crippen molar-refractivity contribution < 1.29 is 9.47 Å². The maximum Gasteiger partial charge on any atom is 0.191 e. The first-order valence-corrected chi connectivity index (χ1v) is 9.78. The number of benzene rings is 1. The molecule has 0 unspecified atom stereocenters. The van der Waals surface area contributed by atoms with E-state index in [-0.39, 0.29) is 24.0 Å². The quantitative estimate of drug-likeness (QED) is 0.229. The van der Waals surface area contributed by atoms with Crippen molar-refractivity contribution in [3.63, 3.8) is 0 Å². The second kappa shape index (κ2) is 14.9. The van der Waals surface area contributed by atoms with Crippen LogP contribution in [0.25, 0.3) is 0 Å². The van der Waals surface area contributed by atoms with Gasteiger partial charge in [-0.1, -0.05) is 38.0 Å². The van der Waals surface area contributed by atoms with E-state index in [1.165, 1.54) is 19.3 Å². The number of aliphatic imine (C=N–C) groups is 1. The lowest BCUT2D eigenvalue weighted by atomic mass is 10.2. The van der Waals surface area contributed by atoms with Gasteiger partial charge in [-0.25, -0.2) is 0 Å². The van der Waals surface area contributed by atoms with Crippen molar-refractivity contribution in [2.75, 3.05) is 53.0 Å². The second-order valence-electron chi connectivity index (χ2n) is 6.47. The molecule has 0 spiro atoms. The highest BCUT2D eigenvalue weighted by Crippen LogP contribution is 2.17. The molecule has 0 bridgehead atoms. The molecule has 27 heavy (non-hydrogen) atoms. The van der Waals surface area contributed by atoms with Crippen molar-refractivity contribution in [2.24, 2.45) is 4.99 Å². The summed E-state index contributed by atoms with van der Waals surface area (Å²) in [5, 5.41) is 6.73. The Kier molecular flexibility index (Phi) is 13.3. The summed E-state index contributed by atoms with van der Waals surface area (Å²) in [4.78, 5) is 6.67. The molecule has 1 aliphatic heterocycles. The Balaban J connectivity index is 0.00000364. The Morgan fingerprint density at radius 1 is 1.19 bits per heavy atom. The Hall–Kier alpha value is -1.06. The summed E-state index contributed by atoms with van der Waals surface area (Å²) in [5.41, 5.74) is 1.14. The van der Waals surface area contributed by atoms with Crippen LogP contribution in [0.15, 0.2) is 29.3 Å². The number of hydrogen-bond acceptors (Lipinski definition) is 4. The van der Waals surface area contributed by atoms with Gasteiger partial charge in [0.1, 0.15) is 12.4 Å². The first-order chi connectivity index (χ1) is 12.8. The second-order valence-corrected chi connectivity index (χ2v) is 6.47. The van der Waals surface area contributed by atoms with Crippen LogP contribution in [0.5, 0.6) is 5.75 Å². The van der Waals surface area contributed by atoms with Gasteiger partial charge in [-0.2, -0.15) is 0 Å². The summed E-state index contributed by atoms with van der Waals surface area (Å²) >= 11 is 0.